The van der Waals surface area contributed by atoms with Crippen LogP contribution in [0.15, 0.2) is 39.4 Å². The molecule has 0 atom stereocenters. The van der Waals surface area contributed by atoms with E-state index < -0.39 is 0 Å². The molecule has 2 rings (SSSR count). The van der Waals surface area contributed by atoms with E-state index in [1.54, 1.807) is 12.3 Å². The molecule has 2 aromatic rings. The number of ether oxygens (including phenoxy) is 1. The smallest absolute Gasteiger partial charge is 0.139 e. The van der Waals surface area contributed by atoms with Gasteiger partial charge in [-0.25, -0.2) is 0 Å². The molecule has 96 valence electrons. The predicted octanol–water partition coefficient (Wildman–Crippen LogP) is 3.99. The molecular weight excluding hydrogens is 318 g/mol. The Labute approximate surface area is 119 Å². The van der Waals surface area contributed by atoms with Crippen LogP contribution < -0.4 is 10.1 Å². The van der Waals surface area contributed by atoms with Crippen LogP contribution >= 0.6 is 27.5 Å². The standard InChI is InChI=1S/C13H13BrClNO2/c1-16-7-13-9(4-5-17-13)8-18-12-6-10(14)2-3-11(12)15/h2-6,16H,7-8H2,1H3. The highest BCUT2D eigenvalue weighted by Gasteiger charge is 2.08. The van der Waals surface area contributed by atoms with Gasteiger partial charge >= 0.3 is 0 Å². The van der Waals surface area contributed by atoms with Crippen molar-refractivity contribution in [1.29, 1.82) is 0 Å². The molecule has 1 aromatic carbocycles. The third kappa shape index (κ3) is 3.28. The number of benzene rings is 1. The molecule has 0 saturated heterocycles. The first-order valence-corrected chi connectivity index (χ1v) is 6.65. The summed E-state index contributed by atoms with van der Waals surface area (Å²) in [6, 6.07) is 7.42. The van der Waals surface area contributed by atoms with Gasteiger partial charge in [0.1, 0.15) is 18.1 Å². The van der Waals surface area contributed by atoms with Crippen molar-refractivity contribution in [3.8, 4) is 5.75 Å². The molecule has 0 unspecified atom stereocenters. The highest BCUT2D eigenvalue weighted by Crippen LogP contribution is 2.28. The van der Waals surface area contributed by atoms with E-state index in [-0.39, 0.29) is 0 Å². The summed E-state index contributed by atoms with van der Waals surface area (Å²) in [7, 11) is 1.87. The molecule has 1 aromatic heterocycles. The molecule has 0 radical (unpaired) electrons. The summed E-state index contributed by atoms with van der Waals surface area (Å²) in [5.74, 6) is 1.53. The van der Waals surface area contributed by atoms with Crippen molar-refractivity contribution in [1.82, 2.24) is 5.32 Å². The van der Waals surface area contributed by atoms with Gasteiger partial charge in [-0.15, -0.1) is 0 Å². The minimum Gasteiger partial charge on any atom is -0.487 e. The normalized spacial score (nSPS) is 10.6. The van der Waals surface area contributed by atoms with Crippen molar-refractivity contribution < 1.29 is 9.15 Å². The zero-order valence-corrected chi connectivity index (χ0v) is 12.2. The molecule has 0 bridgehead atoms. The molecule has 0 saturated carbocycles. The lowest BCUT2D eigenvalue weighted by Crippen LogP contribution is -2.07. The number of hydrogen-bond acceptors (Lipinski definition) is 3. The molecule has 0 spiro atoms. The van der Waals surface area contributed by atoms with Crippen LogP contribution in [0.4, 0.5) is 0 Å². The second-order valence-electron chi connectivity index (χ2n) is 3.76. The van der Waals surface area contributed by atoms with Gasteiger partial charge in [0, 0.05) is 10.0 Å². The Bertz CT molecular complexity index is 527. The Morgan fingerprint density at radius 1 is 1.39 bits per heavy atom. The van der Waals surface area contributed by atoms with Crippen molar-refractivity contribution in [2.45, 2.75) is 13.2 Å². The minimum atomic E-state index is 0.434. The number of nitrogens with one attached hydrogen (secondary N) is 1. The fourth-order valence-electron chi connectivity index (χ4n) is 1.55. The third-order valence-corrected chi connectivity index (χ3v) is 3.26. The second-order valence-corrected chi connectivity index (χ2v) is 5.09. The van der Waals surface area contributed by atoms with Crippen molar-refractivity contribution >= 4 is 27.5 Å². The monoisotopic (exact) mass is 329 g/mol. The maximum Gasteiger partial charge on any atom is 0.139 e. The lowest BCUT2D eigenvalue weighted by atomic mass is 10.2. The number of halogens is 2. The van der Waals surface area contributed by atoms with E-state index in [2.05, 4.69) is 21.2 Å². The second kappa shape index (κ2) is 6.27. The number of rotatable bonds is 5. The van der Waals surface area contributed by atoms with Crippen LogP contribution in [0.1, 0.15) is 11.3 Å². The quantitative estimate of drug-likeness (QED) is 0.900. The Hall–Kier alpha value is -0.970. The van der Waals surface area contributed by atoms with Crippen LogP contribution in [0.3, 0.4) is 0 Å². The highest BCUT2D eigenvalue weighted by molar-refractivity contribution is 9.10. The fourth-order valence-corrected chi connectivity index (χ4v) is 2.07. The van der Waals surface area contributed by atoms with E-state index in [9.17, 15) is 0 Å². The van der Waals surface area contributed by atoms with Gasteiger partial charge in [-0.05, 0) is 31.3 Å². The third-order valence-electron chi connectivity index (χ3n) is 2.45. The molecule has 1 N–H and O–H groups in total. The topological polar surface area (TPSA) is 34.4 Å². The number of furan rings is 1. The van der Waals surface area contributed by atoms with E-state index in [4.69, 9.17) is 20.8 Å². The molecule has 0 aliphatic carbocycles. The van der Waals surface area contributed by atoms with Crippen molar-refractivity contribution in [3.63, 3.8) is 0 Å². The van der Waals surface area contributed by atoms with Gasteiger partial charge < -0.3 is 14.5 Å². The van der Waals surface area contributed by atoms with E-state index in [1.165, 1.54) is 0 Å². The zero-order chi connectivity index (χ0) is 13.0. The first kappa shape index (κ1) is 13.5. The summed E-state index contributed by atoms with van der Waals surface area (Å²) in [6.07, 6.45) is 1.66. The van der Waals surface area contributed by atoms with Crippen molar-refractivity contribution in [2.24, 2.45) is 0 Å². The molecule has 1 heterocycles. The Balaban J connectivity index is 2.06. The molecule has 3 nitrogen and oxygen atoms in total. The van der Waals surface area contributed by atoms with E-state index in [0.717, 1.165) is 15.8 Å². The van der Waals surface area contributed by atoms with Crippen LogP contribution in [0.2, 0.25) is 5.02 Å². The van der Waals surface area contributed by atoms with Gasteiger partial charge in [-0.3, -0.25) is 0 Å². The maximum absolute atomic E-state index is 6.06. The first-order chi connectivity index (χ1) is 8.70. The largest absolute Gasteiger partial charge is 0.487 e. The Kier molecular flexibility index (Phi) is 4.69. The average molecular weight is 331 g/mol. The number of hydrogen-bond donors (Lipinski definition) is 1. The molecular formula is C13H13BrClNO2. The van der Waals surface area contributed by atoms with Crippen LogP contribution in [-0.4, -0.2) is 7.05 Å². The summed E-state index contributed by atoms with van der Waals surface area (Å²) in [4.78, 5) is 0. The highest BCUT2D eigenvalue weighted by atomic mass is 79.9. The maximum atomic E-state index is 6.06. The SMILES string of the molecule is CNCc1occc1COc1cc(Br)ccc1Cl. The summed E-state index contributed by atoms with van der Waals surface area (Å²) in [5, 5.41) is 3.64. The van der Waals surface area contributed by atoms with Crippen LogP contribution in [0.5, 0.6) is 5.75 Å². The van der Waals surface area contributed by atoms with E-state index in [0.29, 0.717) is 23.9 Å². The van der Waals surface area contributed by atoms with Crippen LogP contribution in [-0.2, 0) is 13.2 Å². The van der Waals surface area contributed by atoms with Gasteiger partial charge in [0.2, 0.25) is 0 Å². The lowest BCUT2D eigenvalue weighted by molar-refractivity contribution is 0.301. The van der Waals surface area contributed by atoms with E-state index in [1.807, 2.05) is 25.2 Å². The van der Waals surface area contributed by atoms with Crippen LogP contribution in [0.25, 0.3) is 0 Å². The minimum absolute atomic E-state index is 0.434. The Morgan fingerprint density at radius 2 is 2.22 bits per heavy atom. The fraction of sp³-hybridized carbons (Fsp3) is 0.231. The van der Waals surface area contributed by atoms with Gasteiger partial charge in [0.05, 0.1) is 17.8 Å². The first-order valence-electron chi connectivity index (χ1n) is 5.48. The molecule has 5 heteroatoms. The van der Waals surface area contributed by atoms with Crippen molar-refractivity contribution in [2.75, 3.05) is 7.05 Å². The zero-order valence-electron chi connectivity index (χ0n) is 9.87. The molecule has 18 heavy (non-hydrogen) atoms. The summed E-state index contributed by atoms with van der Waals surface area (Å²) >= 11 is 9.44. The average Bonchev–Trinajstić information content (AvgIpc) is 2.78. The van der Waals surface area contributed by atoms with Crippen LogP contribution in [0, 0.1) is 0 Å². The molecule has 0 aliphatic rings. The van der Waals surface area contributed by atoms with E-state index >= 15 is 0 Å². The van der Waals surface area contributed by atoms with Gasteiger partial charge in [-0.1, -0.05) is 27.5 Å². The summed E-state index contributed by atoms with van der Waals surface area (Å²) < 4.78 is 12.0. The molecule has 0 fully saturated rings. The van der Waals surface area contributed by atoms with Gasteiger partial charge in [0.25, 0.3) is 0 Å². The van der Waals surface area contributed by atoms with Crippen molar-refractivity contribution in [3.05, 3.63) is 51.3 Å². The summed E-state index contributed by atoms with van der Waals surface area (Å²) in [6.45, 7) is 1.11. The summed E-state index contributed by atoms with van der Waals surface area (Å²) in [5.41, 5.74) is 1.01. The predicted molar refractivity (Wildman–Crippen MR) is 75.0 cm³/mol. The Morgan fingerprint density at radius 3 is 3.00 bits per heavy atom. The molecule has 0 aliphatic heterocycles. The van der Waals surface area contributed by atoms with Gasteiger partial charge in [0.15, 0.2) is 0 Å². The lowest BCUT2D eigenvalue weighted by Gasteiger charge is -2.08. The van der Waals surface area contributed by atoms with Gasteiger partial charge in [-0.2, -0.15) is 0 Å². The molecule has 0 amide bonds.